The average Bonchev–Trinajstić information content (AvgIpc) is 2.68. The zero-order chi connectivity index (χ0) is 20.3. The molecule has 1 aromatic heterocycles. The van der Waals surface area contributed by atoms with E-state index in [0.717, 1.165) is 45.3 Å². The van der Waals surface area contributed by atoms with Crippen LogP contribution in [-0.2, 0) is 4.79 Å². The van der Waals surface area contributed by atoms with Crippen LogP contribution in [0.1, 0.15) is 48.2 Å². The Bertz CT molecular complexity index is 715. The molecule has 3 heterocycles. The number of likely N-dealkylation sites (tertiary alicyclic amines) is 2. The van der Waals surface area contributed by atoms with Crippen molar-refractivity contribution in [2.45, 2.75) is 45.1 Å². The van der Waals surface area contributed by atoms with E-state index in [1.165, 1.54) is 12.6 Å². The molecule has 154 valence electrons. The van der Waals surface area contributed by atoms with Crippen LogP contribution >= 0.6 is 0 Å². The average molecular weight is 389 g/mol. The van der Waals surface area contributed by atoms with E-state index >= 15 is 0 Å². The van der Waals surface area contributed by atoms with Gasteiger partial charge in [-0.15, -0.1) is 0 Å². The molecule has 8 nitrogen and oxygen atoms in total. The largest absolute Gasteiger partial charge is 0.368 e. The van der Waals surface area contributed by atoms with Gasteiger partial charge in [0.05, 0.1) is 17.8 Å². The third kappa shape index (κ3) is 4.60. The smallest absolute Gasteiger partial charge is 0.257 e. The second-order valence-corrected chi connectivity index (χ2v) is 8.18. The van der Waals surface area contributed by atoms with E-state index in [0.29, 0.717) is 29.8 Å². The highest BCUT2D eigenvalue weighted by molar-refractivity contribution is 5.95. The standard InChI is InChI=1S/C20H32N6O2/c1-14-16(12-22-20(21)23-14)19(28)25-10-7-15(8-11-25)17-6-4-5-9-26(17)13-18(27)24(2)3/h12,15,17H,4-11,13H2,1-3H3,(H2,21,22,23)/t17-/m0/s1. The van der Waals surface area contributed by atoms with Gasteiger partial charge in [-0.3, -0.25) is 14.5 Å². The Hall–Kier alpha value is -2.22. The quantitative estimate of drug-likeness (QED) is 0.832. The Morgan fingerprint density at radius 2 is 1.89 bits per heavy atom. The summed E-state index contributed by atoms with van der Waals surface area (Å²) < 4.78 is 0. The molecule has 0 saturated carbocycles. The number of carbonyl (C=O) groups is 2. The summed E-state index contributed by atoms with van der Waals surface area (Å²) in [5.41, 5.74) is 6.75. The van der Waals surface area contributed by atoms with Gasteiger partial charge in [0.25, 0.3) is 5.91 Å². The number of hydrogen-bond acceptors (Lipinski definition) is 6. The molecule has 28 heavy (non-hydrogen) atoms. The molecular weight excluding hydrogens is 356 g/mol. The maximum Gasteiger partial charge on any atom is 0.257 e. The van der Waals surface area contributed by atoms with Gasteiger partial charge in [-0.25, -0.2) is 9.97 Å². The van der Waals surface area contributed by atoms with Crippen molar-refractivity contribution in [2.75, 3.05) is 46.0 Å². The van der Waals surface area contributed by atoms with Gasteiger partial charge in [-0.2, -0.15) is 0 Å². The zero-order valence-corrected chi connectivity index (χ0v) is 17.2. The summed E-state index contributed by atoms with van der Waals surface area (Å²) in [5.74, 6) is 0.873. The van der Waals surface area contributed by atoms with E-state index in [9.17, 15) is 9.59 Å². The summed E-state index contributed by atoms with van der Waals surface area (Å²) in [5, 5.41) is 0. The molecule has 0 bridgehead atoms. The molecule has 3 rings (SSSR count). The van der Waals surface area contributed by atoms with E-state index in [1.807, 2.05) is 19.0 Å². The fourth-order valence-corrected chi connectivity index (χ4v) is 4.41. The number of nitrogen functional groups attached to an aromatic ring is 1. The van der Waals surface area contributed by atoms with Crippen LogP contribution < -0.4 is 5.73 Å². The molecule has 2 aliphatic heterocycles. The fourth-order valence-electron chi connectivity index (χ4n) is 4.41. The molecule has 0 unspecified atom stereocenters. The predicted octanol–water partition coefficient (Wildman–Crippen LogP) is 1.16. The Labute approximate surface area is 167 Å². The molecule has 2 aliphatic rings. The number of likely N-dealkylation sites (N-methyl/N-ethyl adjacent to an activating group) is 1. The molecule has 2 fully saturated rings. The number of aromatic nitrogens is 2. The van der Waals surface area contributed by atoms with Crippen LogP contribution in [0, 0.1) is 12.8 Å². The van der Waals surface area contributed by atoms with Crippen LogP contribution in [0.25, 0.3) is 0 Å². The van der Waals surface area contributed by atoms with Crippen LogP contribution in [0.15, 0.2) is 6.20 Å². The Balaban J connectivity index is 1.60. The first kappa shape index (κ1) is 20.5. The molecule has 1 atom stereocenters. The second-order valence-electron chi connectivity index (χ2n) is 8.18. The monoisotopic (exact) mass is 388 g/mol. The van der Waals surface area contributed by atoms with E-state index in [4.69, 9.17) is 5.73 Å². The van der Waals surface area contributed by atoms with Gasteiger partial charge in [0.15, 0.2) is 0 Å². The van der Waals surface area contributed by atoms with Crippen LogP contribution in [0.4, 0.5) is 5.95 Å². The molecule has 8 heteroatoms. The molecule has 2 saturated heterocycles. The molecule has 0 aliphatic carbocycles. The van der Waals surface area contributed by atoms with Crippen molar-refractivity contribution in [3.8, 4) is 0 Å². The summed E-state index contributed by atoms with van der Waals surface area (Å²) in [7, 11) is 3.63. The summed E-state index contributed by atoms with van der Waals surface area (Å²) in [6, 6.07) is 0.441. The van der Waals surface area contributed by atoms with Crippen molar-refractivity contribution in [1.82, 2.24) is 24.7 Å². The maximum atomic E-state index is 12.8. The SMILES string of the molecule is Cc1nc(N)ncc1C(=O)N1CCC([C@@H]2CCCCN2CC(=O)N(C)C)CC1. The maximum absolute atomic E-state index is 12.8. The van der Waals surface area contributed by atoms with E-state index in [-0.39, 0.29) is 17.8 Å². The summed E-state index contributed by atoms with van der Waals surface area (Å²) in [6.45, 7) is 4.75. The van der Waals surface area contributed by atoms with Crippen molar-refractivity contribution in [3.05, 3.63) is 17.5 Å². The molecule has 0 spiro atoms. The fraction of sp³-hybridized carbons (Fsp3) is 0.700. The first-order valence-corrected chi connectivity index (χ1v) is 10.2. The highest BCUT2D eigenvalue weighted by Gasteiger charge is 2.34. The van der Waals surface area contributed by atoms with E-state index < -0.39 is 0 Å². The minimum Gasteiger partial charge on any atom is -0.368 e. The third-order valence-corrected chi connectivity index (χ3v) is 6.10. The summed E-state index contributed by atoms with van der Waals surface area (Å²) in [4.78, 5) is 39.1. The van der Waals surface area contributed by atoms with Gasteiger partial charge in [-0.05, 0) is 45.1 Å². The lowest BCUT2D eigenvalue weighted by atomic mass is 9.83. The van der Waals surface area contributed by atoms with Crippen LogP contribution in [-0.4, -0.2) is 82.8 Å². The lowest BCUT2D eigenvalue weighted by molar-refractivity contribution is -0.131. The number of carbonyl (C=O) groups excluding carboxylic acids is 2. The third-order valence-electron chi connectivity index (χ3n) is 6.10. The molecule has 0 aromatic carbocycles. The highest BCUT2D eigenvalue weighted by Crippen LogP contribution is 2.31. The highest BCUT2D eigenvalue weighted by atomic mass is 16.2. The number of hydrogen-bond donors (Lipinski definition) is 1. The van der Waals surface area contributed by atoms with Crippen molar-refractivity contribution >= 4 is 17.8 Å². The number of amides is 2. The molecule has 2 N–H and O–H groups in total. The van der Waals surface area contributed by atoms with Crippen LogP contribution in [0.5, 0.6) is 0 Å². The first-order chi connectivity index (χ1) is 13.4. The summed E-state index contributed by atoms with van der Waals surface area (Å²) >= 11 is 0. The zero-order valence-electron chi connectivity index (χ0n) is 17.2. The molecule has 2 amide bonds. The Kier molecular flexibility index (Phi) is 6.49. The minimum absolute atomic E-state index is 0.0146. The number of aryl methyl sites for hydroxylation is 1. The van der Waals surface area contributed by atoms with Crippen molar-refractivity contribution in [2.24, 2.45) is 5.92 Å². The molecular formula is C20H32N6O2. The molecule has 1 aromatic rings. The van der Waals surface area contributed by atoms with Gasteiger partial charge < -0.3 is 15.5 Å². The van der Waals surface area contributed by atoms with Gasteiger partial charge in [-0.1, -0.05) is 6.42 Å². The summed E-state index contributed by atoms with van der Waals surface area (Å²) in [6.07, 6.45) is 6.99. The number of anilines is 1. The number of piperidine rings is 2. The van der Waals surface area contributed by atoms with Crippen molar-refractivity contribution in [3.63, 3.8) is 0 Å². The molecule has 0 radical (unpaired) electrons. The van der Waals surface area contributed by atoms with Crippen molar-refractivity contribution in [1.29, 1.82) is 0 Å². The predicted molar refractivity (Wildman–Crippen MR) is 108 cm³/mol. The van der Waals surface area contributed by atoms with Crippen molar-refractivity contribution < 1.29 is 9.59 Å². The number of rotatable bonds is 4. The van der Waals surface area contributed by atoms with Gasteiger partial charge in [0.1, 0.15) is 0 Å². The minimum atomic E-state index is -0.0146. The number of nitrogens with zero attached hydrogens (tertiary/aromatic N) is 5. The topological polar surface area (TPSA) is 95.7 Å². The van der Waals surface area contributed by atoms with Crippen LogP contribution in [0.3, 0.4) is 0 Å². The van der Waals surface area contributed by atoms with Gasteiger partial charge >= 0.3 is 0 Å². The van der Waals surface area contributed by atoms with Crippen LogP contribution in [0.2, 0.25) is 0 Å². The second kappa shape index (κ2) is 8.86. The Morgan fingerprint density at radius 3 is 2.54 bits per heavy atom. The Morgan fingerprint density at radius 1 is 1.18 bits per heavy atom. The normalized spacial score (nSPS) is 21.5. The van der Waals surface area contributed by atoms with Gasteiger partial charge in [0, 0.05) is 39.4 Å². The first-order valence-electron chi connectivity index (χ1n) is 10.2. The lowest BCUT2D eigenvalue weighted by Crippen LogP contribution is -2.51. The van der Waals surface area contributed by atoms with Gasteiger partial charge in [0.2, 0.25) is 11.9 Å². The number of nitrogens with two attached hydrogens (primary N) is 1. The lowest BCUT2D eigenvalue weighted by Gasteiger charge is -2.43. The van der Waals surface area contributed by atoms with E-state index in [1.54, 1.807) is 11.8 Å². The van der Waals surface area contributed by atoms with E-state index in [2.05, 4.69) is 14.9 Å².